The zero-order chi connectivity index (χ0) is 16.8. The Morgan fingerprint density at radius 1 is 1.52 bits per heavy atom. The zero-order valence-corrected chi connectivity index (χ0v) is 13.5. The van der Waals surface area contributed by atoms with Crippen molar-refractivity contribution in [2.75, 3.05) is 13.1 Å². The summed E-state index contributed by atoms with van der Waals surface area (Å²) in [5.41, 5.74) is 0.885. The summed E-state index contributed by atoms with van der Waals surface area (Å²) in [6.07, 6.45) is 3.01. The van der Waals surface area contributed by atoms with E-state index in [1.807, 2.05) is 19.9 Å². The standard InChI is InChI=1S/C16H23N3O4/c1-11(2)23-14-8-12(5-6-17-14)9-18-16(22)19-7-3-4-13(10-19)15(20)21/h5-6,8,11,13H,3-4,7,9-10H2,1-2H3,(H,18,22)(H,20,21). The molecule has 2 heterocycles. The number of nitrogens with one attached hydrogen (secondary N) is 1. The van der Waals surface area contributed by atoms with E-state index in [2.05, 4.69) is 10.3 Å². The molecule has 2 rings (SSSR count). The van der Waals surface area contributed by atoms with Crippen LogP contribution in [-0.2, 0) is 11.3 Å². The number of carboxylic acids is 1. The Hall–Kier alpha value is -2.31. The molecule has 2 amide bonds. The Morgan fingerprint density at radius 3 is 3.00 bits per heavy atom. The van der Waals surface area contributed by atoms with E-state index in [0.29, 0.717) is 31.8 Å². The highest BCUT2D eigenvalue weighted by molar-refractivity contribution is 5.76. The fraction of sp³-hybridized carbons (Fsp3) is 0.562. The van der Waals surface area contributed by atoms with Crippen LogP contribution in [0.2, 0.25) is 0 Å². The summed E-state index contributed by atoms with van der Waals surface area (Å²) in [4.78, 5) is 28.9. The van der Waals surface area contributed by atoms with Gasteiger partial charge in [0.15, 0.2) is 0 Å². The summed E-state index contributed by atoms with van der Waals surface area (Å²) in [5.74, 6) is -0.788. The van der Waals surface area contributed by atoms with Crippen LogP contribution in [-0.4, -0.2) is 46.2 Å². The Labute approximate surface area is 135 Å². The van der Waals surface area contributed by atoms with Crippen molar-refractivity contribution in [2.24, 2.45) is 5.92 Å². The molecule has 1 aliphatic rings. The van der Waals surface area contributed by atoms with Gasteiger partial charge in [-0.2, -0.15) is 0 Å². The number of hydrogen-bond acceptors (Lipinski definition) is 4. The first kappa shape index (κ1) is 17.1. The number of carboxylic acid groups (broad SMARTS) is 1. The largest absolute Gasteiger partial charge is 0.481 e. The lowest BCUT2D eigenvalue weighted by Gasteiger charge is -2.30. The molecule has 1 aromatic heterocycles. The van der Waals surface area contributed by atoms with Crippen molar-refractivity contribution in [1.29, 1.82) is 0 Å². The normalized spacial score (nSPS) is 17.9. The molecule has 126 valence electrons. The Morgan fingerprint density at radius 2 is 2.30 bits per heavy atom. The van der Waals surface area contributed by atoms with Gasteiger partial charge < -0.3 is 20.1 Å². The maximum atomic E-state index is 12.2. The molecule has 0 aromatic carbocycles. The van der Waals surface area contributed by atoms with Crippen LogP contribution in [0.1, 0.15) is 32.3 Å². The number of likely N-dealkylation sites (tertiary alicyclic amines) is 1. The lowest BCUT2D eigenvalue weighted by atomic mass is 9.99. The van der Waals surface area contributed by atoms with E-state index in [1.54, 1.807) is 17.2 Å². The summed E-state index contributed by atoms with van der Waals surface area (Å²) in [6, 6.07) is 3.36. The van der Waals surface area contributed by atoms with E-state index in [1.165, 1.54) is 0 Å². The molecule has 0 bridgehead atoms. The van der Waals surface area contributed by atoms with Crippen LogP contribution in [0.4, 0.5) is 4.79 Å². The number of amides is 2. The molecule has 1 aliphatic heterocycles. The molecule has 0 radical (unpaired) electrons. The molecule has 0 saturated carbocycles. The second kappa shape index (κ2) is 7.80. The third-order valence-corrected chi connectivity index (χ3v) is 3.66. The summed E-state index contributed by atoms with van der Waals surface area (Å²) in [5, 5.41) is 11.9. The number of carbonyl (C=O) groups is 2. The van der Waals surface area contributed by atoms with Crippen molar-refractivity contribution >= 4 is 12.0 Å². The van der Waals surface area contributed by atoms with Gasteiger partial charge in [0.05, 0.1) is 12.0 Å². The van der Waals surface area contributed by atoms with E-state index >= 15 is 0 Å². The predicted molar refractivity (Wildman–Crippen MR) is 84.2 cm³/mol. The quantitative estimate of drug-likeness (QED) is 0.864. The van der Waals surface area contributed by atoms with Gasteiger partial charge in [0.1, 0.15) is 0 Å². The first-order valence-corrected chi connectivity index (χ1v) is 7.83. The fourth-order valence-corrected chi connectivity index (χ4v) is 2.52. The molecule has 1 fully saturated rings. The molecule has 1 saturated heterocycles. The van der Waals surface area contributed by atoms with E-state index in [0.717, 1.165) is 5.56 Å². The Kier molecular flexibility index (Phi) is 5.78. The van der Waals surface area contributed by atoms with E-state index < -0.39 is 11.9 Å². The second-order valence-electron chi connectivity index (χ2n) is 5.95. The third-order valence-electron chi connectivity index (χ3n) is 3.66. The summed E-state index contributed by atoms with van der Waals surface area (Å²) < 4.78 is 5.52. The van der Waals surface area contributed by atoms with Crippen LogP contribution in [0.5, 0.6) is 5.88 Å². The van der Waals surface area contributed by atoms with Gasteiger partial charge in [0.2, 0.25) is 5.88 Å². The second-order valence-corrected chi connectivity index (χ2v) is 5.95. The van der Waals surface area contributed by atoms with Crippen molar-refractivity contribution < 1.29 is 19.4 Å². The van der Waals surface area contributed by atoms with E-state index in [4.69, 9.17) is 9.84 Å². The van der Waals surface area contributed by atoms with Crippen LogP contribution in [0.25, 0.3) is 0 Å². The monoisotopic (exact) mass is 321 g/mol. The number of pyridine rings is 1. The van der Waals surface area contributed by atoms with Gasteiger partial charge in [-0.3, -0.25) is 4.79 Å². The number of nitrogens with zero attached hydrogens (tertiary/aromatic N) is 2. The molecule has 7 heteroatoms. The van der Waals surface area contributed by atoms with E-state index in [-0.39, 0.29) is 18.7 Å². The number of ether oxygens (including phenoxy) is 1. The summed E-state index contributed by atoms with van der Waals surface area (Å²) in [6.45, 7) is 5.05. The topological polar surface area (TPSA) is 91.8 Å². The van der Waals surface area contributed by atoms with Crippen molar-refractivity contribution in [3.63, 3.8) is 0 Å². The first-order valence-electron chi connectivity index (χ1n) is 7.83. The summed E-state index contributed by atoms with van der Waals surface area (Å²) >= 11 is 0. The molecule has 2 N–H and O–H groups in total. The van der Waals surface area contributed by atoms with Gasteiger partial charge in [0.25, 0.3) is 0 Å². The average molecular weight is 321 g/mol. The van der Waals surface area contributed by atoms with Gasteiger partial charge in [0, 0.05) is 31.9 Å². The van der Waals surface area contributed by atoms with Gasteiger partial charge in [-0.05, 0) is 38.3 Å². The molecule has 23 heavy (non-hydrogen) atoms. The zero-order valence-electron chi connectivity index (χ0n) is 13.5. The van der Waals surface area contributed by atoms with Crippen LogP contribution in [0.3, 0.4) is 0 Å². The lowest BCUT2D eigenvalue weighted by molar-refractivity contribution is -0.143. The molecule has 0 spiro atoms. The number of piperidine rings is 1. The molecule has 7 nitrogen and oxygen atoms in total. The van der Waals surface area contributed by atoms with Crippen molar-refractivity contribution in [3.8, 4) is 5.88 Å². The molecule has 1 atom stereocenters. The molecule has 1 aromatic rings. The SMILES string of the molecule is CC(C)Oc1cc(CNC(=O)N2CCCC(C(=O)O)C2)ccn1. The molecule has 1 unspecified atom stereocenters. The number of carbonyl (C=O) groups excluding carboxylic acids is 1. The number of rotatable bonds is 5. The lowest BCUT2D eigenvalue weighted by Crippen LogP contribution is -2.46. The number of urea groups is 1. The predicted octanol–water partition coefficient (Wildman–Crippen LogP) is 1.88. The molecular weight excluding hydrogens is 298 g/mol. The van der Waals surface area contributed by atoms with Crippen molar-refractivity contribution in [3.05, 3.63) is 23.9 Å². The van der Waals surface area contributed by atoms with Crippen LogP contribution in [0, 0.1) is 5.92 Å². The van der Waals surface area contributed by atoms with E-state index in [9.17, 15) is 9.59 Å². The Balaban J connectivity index is 1.87. The number of aromatic nitrogens is 1. The maximum Gasteiger partial charge on any atom is 0.317 e. The van der Waals surface area contributed by atoms with Crippen LogP contribution >= 0.6 is 0 Å². The highest BCUT2D eigenvalue weighted by Crippen LogP contribution is 2.17. The van der Waals surface area contributed by atoms with Crippen molar-refractivity contribution in [2.45, 2.75) is 39.3 Å². The third kappa shape index (κ3) is 5.12. The maximum absolute atomic E-state index is 12.2. The van der Waals surface area contributed by atoms with Crippen molar-refractivity contribution in [1.82, 2.24) is 15.2 Å². The van der Waals surface area contributed by atoms with Gasteiger partial charge >= 0.3 is 12.0 Å². The number of hydrogen-bond donors (Lipinski definition) is 2. The minimum Gasteiger partial charge on any atom is -0.481 e. The highest BCUT2D eigenvalue weighted by Gasteiger charge is 2.27. The highest BCUT2D eigenvalue weighted by atomic mass is 16.5. The number of aliphatic carboxylic acids is 1. The summed E-state index contributed by atoms with van der Waals surface area (Å²) in [7, 11) is 0. The fourth-order valence-electron chi connectivity index (χ4n) is 2.52. The van der Waals surface area contributed by atoms with Crippen LogP contribution < -0.4 is 10.1 Å². The Bertz CT molecular complexity index is 562. The minimum atomic E-state index is -0.841. The van der Waals surface area contributed by atoms with Gasteiger partial charge in [-0.1, -0.05) is 0 Å². The van der Waals surface area contributed by atoms with Gasteiger partial charge in [-0.15, -0.1) is 0 Å². The smallest absolute Gasteiger partial charge is 0.317 e. The minimum absolute atomic E-state index is 0.0358. The van der Waals surface area contributed by atoms with Crippen LogP contribution in [0.15, 0.2) is 18.3 Å². The molecule has 0 aliphatic carbocycles. The first-order chi connectivity index (χ1) is 11.0. The molecular formula is C16H23N3O4. The average Bonchev–Trinajstić information content (AvgIpc) is 2.52. The van der Waals surface area contributed by atoms with Gasteiger partial charge in [-0.25, -0.2) is 9.78 Å².